The van der Waals surface area contributed by atoms with Crippen LogP contribution in [0.15, 0.2) is 70.6 Å². The Hall–Kier alpha value is -2.81. The Labute approximate surface area is 203 Å². The zero-order chi connectivity index (χ0) is 23.7. The van der Waals surface area contributed by atoms with Crippen molar-refractivity contribution in [3.8, 4) is 0 Å². The van der Waals surface area contributed by atoms with Crippen molar-refractivity contribution in [2.24, 2.45) is 4.99 Å². The Kier molecular flexibility index (Phi) is 6.38. The third-order valence-corrected chi connectivity index (χ3v) is 9.34. The van der Waals surface area contributed by atoms with Gasteiger partial charge in [0.25, 0.3) is 5.91 Å². The van der Waals surface area contributed by atoms with E-state index in [9.17, 15) is 13.2 Å². The van der Waals surface area contributed by atoms with E-state index in [-0.39, 0.29) is 10.8 Å². The van der Waals surface area contributed by atoms with Gasteiger partial charge in [0.1, 0.15) is 0 Å². The lowest BCUT2D eigenvalue weighted by Gasteiger charge is -2.19. The number of fused-ring (bicyclic) bond motifs is 3. The molecular weight excluding hydrogens is 466 g/mol. The number of hydrogen-bond donors (Lipinski definition) is 0. The average Bonchev–Trinajstić information content (AvgIpc) is 3.00. The molecule has 1 aliphatic rings. The highest BCUT2D eigenvalue weighted by molar-refractivity contribution is 7.89. The Morgan fingerprint density at radius 2 is 1.65 bits per heavy atom. The van der Waals surface area contributed by atoms with Gasteiger partial charge in [-0.2, -0.15) is 9.30 Å². The van der Waals surface area contributed by atoms with E-state index < -0.39 is 10.0 Å². The van der Waals surface area contributed by atoms with Crippen molar-refractivity contribution >= 4 is 48.3 Å². The van der Waals surface area contributed by atoms with Crippen LogP contribution in [0.2, 0.25) is 0 Å². The van der Waals surface area contributed by atoms with E-state index in [1.165, 1.54) is 23.5 Å². The van der Waals surface area contributed by atoms with Gasteiger partial charge in [0.15, 0.2) is 4.80 Å². The molecule has 0 N–H and O–H groups in total. The summed E-state index contributed by atoms with van der Waals surface area (Å²) >= 11 is 1.49. The summed E-state index contributed by atoms with van der Waals surface area (Å²) < 4.78 is 30.7. The zero-order valence-electron chi connectivity index (χ0n) is 19.1. The average molecular weight is 494 g/mol. The van der Waals surface area contributed by atoms with E-state index >= 15 is 0 Å². The normalized spacial score (nSPS) is 16.2. The first kappa shape index (κ1) is 23.0. The molecule has 2 heterocycles. The van der Waals surface area contributed by atoms with E-state index in [1.54, 1.807) is 16.4 Å². The van der Waals surface area contributed by atoms with Gasteiger partial charge in [-0.15, -0.1) is 0 Å². The predicted molar refractivity (Wildman–Crippen MR) is 137 cm³/mol. The van der Waals surface area contributed by atoms with Crippen LogP contribution in [0.25, 0.3) is 21.0 Å². The van der Waals surface area contributed by atoms with Crippen LogP contribution in [0.4, 0.5) is 0 Å². The van der Waals surface area contributed by atoms with Crippen molar-refractivity contribution in [1.29, 1.82) is 0 Å². The molecule has 5 rings (SSSR count). The minimum Gasteiger partial charge on any atom is -0.316 e. The lowest BCUT2D eigenvalue weighted by Crippen LogP contribution is -2.31. The SMILES string of the molecule is CCn1c(=NC(=O)c2ccc(S(=O)(=O)N3CCCCCC3)cc2)sc2ccc3ccccc3c21. The smallest absolute Gasteiger partial charge is 0.279 e. The number of amides is 1. The maximum absolute atomic E-state index is 13.0. The molecule has 34 heavy (non-hydrogen) atoms. The molecule has 0 unspecified atom stereocenters. The third kappa shape index (κ3) is 4.21. The molecular formula is C26H27N3O3S2. The van der Waals surface area contributed by atoms with Crippen LogP contribution in [-0.4, -0.2) is 36.3 Å². The molecule has 1 saturated heterocycles. The lowest BCUT2D eigenvalue weighted by molar-refractivity contribution is 0.0997. The van der Waals surface area contributed by atoms with Crippen LogP contribution in [0.5, 0.6) is 0 Å². The molecule has 1 fully saturated rings. The summed E-state index contributed by atoms with van der Waals surface area (Å²) in [5, 5.41) is 2.28. The van der Waals surface area contributed by atoms with Gasteiger partial charge in [-0.3, -0.25) is 4.79 Å². The highest BCUT2D eigenvalue weighted by Gasteiger charge is 2.25. The first-order valence-corrected chi connectivity index (χ1v) is 13.9. The van der Waals surface area contributed by atoms with Gasteiger partial charge >= 0.3 is 0 Å². The minimum atomic E-state index is -3.55. The third-order valence-electron chi connectivity index (χ3n) is 6.38. The van der Waals surface area contributed by atoms with E-state index in [0.29, 0.717) is 30.0 Å². The van der Waals surface area contributed by atoms with Crippen LogP contribution < -0.4 is 4.80 Å². The summed E-state index contributed by atoms with van der Waals surface area (Å²) in [6.45, 7) is 3.83. The van der Waals surface area contributed by atoms with Gasteiger partial charge in [-0.1, -0.05) is 54.5 Å². The van der Waals surface area contributed by atoms with E-state index in [2.05, 4.69) is 33.8 Å². The summed E-state index contributed by atoms with van der Waals surface area (Å²) in [6.07, 6.45) is 3.89. The van der Waals surface area contributed by atoms with Crippen LogP contribution in [0, 0.1) is 0 Å². The number of hydrogen-bond acceptors (Lipinski definition) is 4. The van der Waals surface area contributed by atoms with Crippen molar-refractivity contribution in [2.45, 2.75) is 44.0 Å². The van der Waals surface area contributed by atoms with Crippen LogP contribution in [0.1, 0.15) is 43.0 Å². The molecule has 8 heteroatoms. The second kappa shape index (κ2) is 9.44. The summed E-state index contributed by atoms with van der Waals surface area (Å²) in [7, 11) is -3.55. The second-order valence-corrected chi connectivity index (χ2v) is 11.5. The maximum Gasteiger partial charge on any atom is 0.279 e. The summed E-state index contributed by atoms with van der Waals surface area (Å²) in [5.74, 6) is -0.378. The van der Waals surface area contributed by atoms with Gasteiger partial charge in [-0.05, 0) is 55.5 Å². The number of carbonyl (C=O) groups is 1. The zero-order valence-corrected chi connectivity index (χ0v) is 20.7. The first-order valence-electron chi connectivity index (χ1n) is 11.7. The number of nitrogens with zero attached hydrogens (tertiary/aromatic N) is 3. The fourth-order valence-corrected chi connectivity index (χ4v) is 7.20. The molecule has 3 aromatic carbocycles. The fraction of sp³-hybridized carbons (Fsp3) is 0.308. The minimum absolute atomic E-state index is 0.225. The molecule has 1 aromatic heterocycles. The topological polar surface area (TPSA) is 71.7 Å². The fourth-order valence-electron chi connectivity index (χ4n) is 4.57. The van der Waals surface area contributed by atoms with Crippen molar-refractivity contribution < 1.29 is 13.2 Å². The number of thiazole rings is 1. The van der Waals surface area contributed by atoms with E-state index in [0.717, 1.165) is 46.7 Å². The molecule has 0 spiro atoms. The Bertz CT molecular complexity index is 1530. The van der Waals surface area contributed by atoms with Crippen molar-refractivity contribution in [3.05, 3.63) is 71.0 Å². The molecule has 0 radical (unpaired) electrons. The monoisotopic (exact) mass is 493 g/mol. The number of aryl methyl sites for hydroxylation is 1. The maximum atomic E-state index is 13.0. The molecule has 176 valence electrons. The highest BCUT2D eigenvalue weighted by atomic mass is 32.2. The van der Waals surface area contributed by atoms with Gasteiger partial charge in [-0.25, -0.2) is 8.42 Å². The summed E-state index contributed by atoms with van der Waals surface area (Å²) in [5.41, 5.74) is 1.45. The molecule has 0 bridgehead atoms. The standard InChI is InChI=1S/C26H27N3O3S2/c1-2-29-24-22-10-6-5-9-19(22)13-16-23(24)33-26(29)27-25(30)20-11-14-21(15-12-20)34(31,32)28-17-7-3-4-8-18-28/h5-6,9-16H,2-4,7-8,17-18H2,1H3. The van der Waals surface area contributed by atoms with Gasteiger partial charge in [0.2, 0.25) is 10.0 Å². The van der Waals surface area contributed by atoms with Crippen LogP contribution in [-0.2, 0) is 16.6 Å². The molecule has 1 aliphatic heterocycles. The largest absolute Gasteiger partial charge is 0.316 e. The van der Waals surface area contributed by atoms with Crippen molar-refractivity contribution in [3.63, 3.8) is 0 Å². The van der Waals surface area contributed by atoms with Crippen molar-refractivity contribution in [1.82, 2.24) is 8.87 Å². The van der Waals surface area contributed by atoms with Gasteiger partial charge < -0.3 is 4.57 Å². The van der Waals surface area contributed by atoms with Crippen LogP contribution >= 0.6 is 11.3 Å². The Morgan fingerprint density at radius 1 is 0.941 bits per heavy atom. The number of benzene rings is 3. The Balaban J connectivity index is 1.48. The Morgan fingerprint density at radius 3 is 2.35 bits per heavy atom. The molecule has 1 amide bonds. The summed E-state index contributed by atoms with van der Waals surface area (Å²) in [6, 6.07) is 18.5. The second-order valence-electron chi connectivity index (χ2n) is 8.52. The molecule has 0 aliphatic carbocycles. The number of carbonyl (C=O) groups excluding carboxylic acids is 1. The quantitative estimate of drug-likeness (QED) is 0.393. The van der Waals surface area contributed by atoms with E-state index in [1.807, 2.05) is 19.1 Å². The molecule has 0 atom stereocenters. The van der Waals surface area contributed by atoms with Gasteiger partial charge in [0, 0.05) is 30.6 Å². The molecule has 4 aromatic rings. The van der Waals surface area contributed by atoms with Crippen molar-refractivity contribution in [2.75, 3.05) is 13.1 Å². The predicted octanol–water partition coefficient (Wildman–Crippen LogP) is 5.18. The number of rotatable bonds is 4. The number of aromatic nitrogens is 1. The lowest BCUT2D eigenvalue weighted by atomic mass is 10.1. The highest BCUT2D eigenvalue weighted by Crippen LogP contribution is 2.27. The van der Waals surface area contributed by atoms with Crippen LogP contribution in [0.3, 0.4) is 0 Å². The van der Waals surface area contributed by atoms with E-state index in [4.69, 9.17) is 0 Å². The first-order chi connectivity index (χ1) is 16.5. The molecule has 0 saturated carbocycles. The van der Waals surface area contributed by atoms with Gasteiger partial charge in [0.05, 0.1) is 15.1 Å². The number of sulfonamides is 1. The molecule has 6 nitrogen and oxygen atoms in total. The summed E-state index contributed by atoms with van der Waals surface area (Å²) in [4.78, 5) is 18.3.